The Kier molecular flexibility index (Phi) is 5.56. The van der Waals surface area contributed by atoms with Crippen molar-refractivity contribution >= 4 is 27.7 Å². The van der Waals surface area contributed by atoms with Crippen LogP contribution in [-0.4, -0.2) is 35.6 Å². The first-order valence-electron chi connectivity index (χ1n) is 5.79. The Hall–Kier alpha value is -1.34. The lowest BCUT2D eigenvalue weighted by atomic mass is 10.0. The Bertz CT molecular complexity index is 456. The maximum absolute atomic E-state index is 11.6. The fourth-order valence-electron chi connectivity index (χ4n) is 1.45. The Balaban J connectivity index is 2.40. The molecule has 7 heteroatoms. The average Bonchev–Trinajstić information content (AvgIpc) is 2.72. The molecule has 0 bridgehead atoms. The molecule has 0 aliphatic carbocycles. The second-order valence-corrected chi connectivity index (χ2v) is 5.47. The van der Waals surface area contributed by atoms with Gasteiger partial charge in [0.1, 0.15) is 0 Å². The summed E-state index contributed by atoms with van der Waals surface area (Å²) in [6.07, 6.45) is 0.442. The van der Waals surface area contributed by atoms with E-state index in [0.29, 0.717) is 11.1 Å². The molecule has 106 valence electrons. The second-order valence-electron chi connectivity index (χ2n) is 4.69. The molecule has 2 amide bonds. The van der Waals surface area contributed by atoms with Crippen LogP contribution in [0.5, 0.6) is 0 Å². The molecule has 1 rings (SSSR count). The third-order valence-corrected chi connectivity index (χ3v) is 2.85. The fourth-order valence-corrected chi connectivity index (χ4v) is 1.75. The minimum atomic E-state index is -0.510. The molecular formula is C12H17BrN2O4. The maximum Gasteiger partial charge on any atom is 0.287 e. The van der Waals surface area contributed by atoms with Crippen molar-refractivity contribution in [2.75, 3.05) is 13.2 Å². The first-order chi connectivity index (χ1) is 8.84. The highest BCUT2D eigenvalue weighted by molar-refractivity contribution is 9.10. The van der Waals surface area contributed by atoms with Gasteiger partial charge in [-0.05, 0) is 48.3 Å². The minimum absolute atomic E-state index is 0.0138. The molecule has 0 unspecified atom stereocenters. The van der Waals surface area contributed by atoms with Gasteiger partial charge < -0.3 is 20.2 Å². The van der Waals surface area contributed by atoms with E-state index < -0.39 is 11.4 Å². The van der Waals surface area contributed by atoms with Crippen LogP contribution in [0.2, 0.25) is 0 Å². The number of halogens is 1. The summed E-state index contributed by atoms with van der Waals surface area (Å²) in [4.78, 5) is 23.2. The van der Waals surface area contributed by atoms with Crippen molar-refractivity contribution in [2.45, 2.75) is 25.8 Å². The molecule has 1 aromatic heterocycles. The van der Waals surface area contributed by atoms with E-state index in [1.165, 1.54) is 6.07 Å². The summed E-state index contributed by atoms with van der Waals surface area (Å²) in [5.41, 5.74) is -0.510. The van der Waals surface area contributed by atoms with Crippen LogP contribution < -0.4 is 10.6 Å². The number of aliphatic hydroxyl groups is 1. The molecule has 1 heterocycles. The van der Waals surface area contributed by atoms with Gasteiger partial charge in [-0.25, -0.2) is 0 Å². The molecule has 1 aromatic rings. The lowest BCUT2D eigenvalue weighted by molar-refractivity contribution is -0.121. The van der Waals surface area contributed by atoms with Gasteiger partial charge in [-0.1, -0.05) is 0 Å². The largest absolute Gasteiger partial charge is 0.444 e. The number of nitrogens with one attached hydrogen (secondary N) is 2. The molecule has 0 aliphatic rings. The maximum atomic E-state index is 11.6. The Morgan fingerprint density at radius 1 is 1.42 bits per heavy atom. The third kappa shape index (κ3) is 5.44. The highest BCUT2D eigenvalue weighted by Gasteiger charge is 2.20. The molecule has 0 aromatic carbocycles. The van der Waals surface area contributed by atoms with Gasteiger partial charge in [-0.15, -0.1) is 0 Å². The zero-order valence-electron chi connectivity index (χ0n) is 10.8. The first-order valence-corrected chi connectivity index (χ1v) is 6.59. The summed E-state index contributed by atoms with van der Waals surface area (Å²) in [5, 5.41) is 14.0. The zero-order valence-corrected chi connectivity index (χ0v) is 12.4. The van der Waals surface area contributed by atoms with E-state index in [9.17, 15) is 9.59 Å². The summed E-state index contributed by atoms with van der Waals surface area (Å²) in [7, 11) is 0. The van der Waals surface area contributed by atoms with Crippen molar-refractivity contribution in [1.82, 2.24) is 10.6 Å². The molecule has 0 radical (unpaired) electrons. The van der Waals surface area contributed by atoms with Gasteiger partial charge in [0.2, 0.25) is 5.91 Å². The molecule has 0 fully saturated rings. The second kappa shape index (κ2) is 6.72. The summed E-state index contributed by atoms with van der Waals surface area (Å²) >= 11 is 3.09. The van der Waals surface area contributed by atoms with Crippen LogP contribution >= 0.6 is 15.9 Å². The van der Waals surface area contributed by atoms with Crippen molar-refractivity contribution in [3.05, 3.63) is 22.6 Å². The Morgan fingerprint density at radius 3 is 2.63 bits per heavy atom. The van der Waals surface area contributed by atoms with E-state index in [1.54, 1.807) is 19.9 Å². The van der Waals surface area contributed by atoms with E-state index in [4.69, 9.17) is 9.52 Å². The van der Waals surface area contributed by atoms with Gasteiger partial charge >= 0.3 is 0 Å². The van der Waals surface area contributed by atoms with Crippen molar-refractivity contribution in [1.29, 1.82) is 0 Å². The molecule has 0 atom stereocenters. The average molecular weight is 333 g/mol. The van der Waals surface area contributed by atoms with Crippen LogP contribution in [0.3, 0.4) is 0 Å². The quantitative estimate of drug-likeness (QED) is 0.726. The van der Waals surface area contributed by atoms with Gasteiger partial charge in [0.05, 0.1) is 6.54 Å². The normalized spacial score (nSPS) is 11.2. The number of hydrogen-bond donors (Lipinski definition) is 3. The van der Waals surface area contributed by atoms with E-state index in [1.807, 2.05) is 0 Å². The molecule has 0 spiro atoms. The van der Waals surface area contributed by atoms with Gasteiger partial charge in [0.15, 0.2) is 10.4 Å². The van der Waals surface area contributed by atoms with Crippen LogP contribution in [0.25, 0.3) is 0 Å². The lowest BCUT2D eigenvalue weighted by Gasteiger charge is -2.25. The highest BCUT2D eigenvalue weighted by atomic mass is 79.9. The predicted octanol–water partition coefficient (Wildman–Crippen LogP) is 1.05. The summed E-state index contributed by atoms with van der Waals surface area (Å²) < 4.78 is 5.51. The van der Waals surface area contributed by atoms with Crippen molar-refractivity contribution < 1.29 is 19.1 Å². The standard InChI is InChI=1S/C12H17BrN2O4/c1-12(2,5-6-16)15-10(17)7-14-11(18)8-3-4-9(13)19-8/h3-4,16H,5-7H2,1-2H3,(H,14,18)(H,15,17). The van der Waals surface area contributed by atoms with E-state index in [-0.39, 0.29) is 24.8 Å². The SMILES string of the molecule is CC(C)(CCO)NC(=O)CNC(=O)c1ccc(Br)o1. The van der Waals surface area contributed by atoms with Crippen LogP contribution in [0.4, 0.5) is 0 Å². The summed E-state index contributed by atoms with van der Waals surface area (Å²) in [5.74, 6) is -0.646. The van der Waals surface area contributed by atoms with Crippen LogP contribution in [0.1, 0.15) is 30.8 Å². The number of amides is 2. The van der Waals surface area contributed by atoms with Gasteiger partial charge in [0.25, 0.3) is 5.91 Å². The molecule has 6 nitrogen and oxygen atoms in total. The number of carbonyl (C=O) groups excluding carboxylic acids is 2. The van der Waals surface area contributed by atoms with Crippen molar-refractivity contribution in [2.24, 2.45) is 0 Å². The Morgan fingerprint density at radius 2 is 2.11 bits per heavy atom. The number of furan rings is 1. The van der Waals surface area contributed by atoms with Gasteiger partial charge in [-0.2, -0.15) is 0 Å². The molecule has 3 N–H and O–H groups in total. The summed E-state index contributed by atoms with van der Waals surface area (Å²) in [6.45, 7) is 3.44. The van der Waals surface area contributed by atoms with E-state index in [0.717, 1.165) is 0 Å². The topological polar surface area (TPSA) is 91.6 Å². The van der Waals surface area contributed by atoms with E-state index >= 15 is 0 Å². The molecular weight excluding hydrogens is 316 g/mol. The third-order valence-electron chi connectivity index (χ3n) is 2.42. The molecule has 0 saturated carbocycles. The number of rotatable bonds is 6. The predicted molar refractivity (Wildman–Crippen MR) is 72.7 cm³/mol. The highest BCUT2D eigenvalue weighted by Crippen LogP contribution is 2.13. The zero-order chi connectivity index (χ0) is 14.5. The van der Waals surface area contributed by atoms with Crippen molar-refractivity contribution in [3.8, 4) is 0 Å². The molecule has 0 saturated heterocycles. The molecule has 19 heavy (non-hydrogen) atoms. The van der Waals surface area contributed by atoms with E-state index in [2.05, 4.69) is 26.6 Å². The number of carbonyl (C=O) groups is 2. The van der Waals surface area contributed by atoms with Crippen molar-refractivity contribution in [3.63, 3.8) is 0 Å². The van der Waals surface area contributed by atoms with Crippen LogP contribution in [-0.2, 0) is 4.79 Å². The number of aliphatic hydroxyl groups excluding tert-OH is 1. The summed E-state index contributed by atoms with van der Waals surface area (Å²) in [6, 6.07) is 3.10. The fraction of sp³-hybridized carbons (Fsp3) is 0.500. The lowest BCUT2D eigenvalue weighted by Crippen LogP contribution is -2.48. The Labute approximate surface area is 119 Å². The van der Waals surface area contributed by atoms with Gasteiger partial charge in [-0.3, -0.25) is 9.59 Å². The monoisotopic (exact) mass is 332 g/mol. The van der Waals surface area contributed by atoms with Gasteiger partial charge in [0, 0.05) is 12.1 Å². The smallest absolute Gasteiger partial charge is 0.287 e. The van der Waals surface area contributed by atoms with Crippen LogP contribution in [0, 0.1) is 0 Å². The minimum Gasteiger partial charge on any atom is -0.444 e. The number of hydrogen-bond acceptors (Lipinski definition) is 4. The first kappa shape index (κ1) is 15.7. The van der Waals surface area contributed by atoms with Crippen LogP contribution in [0.15, 0.2) is 21.2 Å². The molecule has 0 aliphatic heterocycles.